The van der Waals surface area contributed by atoms with E-state index in [-0.39, 0.29) is 23.1 Å². The van der Waals surface area contributed by atoms with Crippen molar-refractivity contribution in [3.63, 3.8) is 0 Å². The van der Waals surface area contributed by atoms with Gasteiger partial charge in [-0.15, -0.1) is 0 Å². The van der Waals surface area contributed by atoms with E-state index >= 15 is 0 Å². The van der Waals surface area contributed by atoms with Crippen LogP contribution in [0.5, 0.6) is 0 Å². The molecule has 40 heavy (non-hydrogen) atoms. The number of amides is 1. The van der Waals surface area contributed by atoms with Crippen molar-refractivity contribution in [1.82, 2.24) is 9.62 Å². The summed E-state index contributed by atoms with van der Waals surface area (Å²) < 4.78 is 28.2. The molecule has 1 amide bonds. The van der Waals surface area contributed by atoms with Gasteiger partial charge in [0.15, 0.2) is 11.8 Å². The maximum Gasteiger partial charge on any atom is 0.330 e. The van der Waals surface area contributed by atoms with E-state index in [0.29, 0.717) is 53.6 Å². The van der Waals surface area contributed by atoms with E-state index in [0.717, 1.165) is 30.4 Å². The summed E-state index contributed by atoms with van der Waals surface area (Å²) in [6.45, 7) is 0.594. The Morgan fingerprint density at radius 2 is 1.62 bits per heavy atom. The predicted octanol–water partition coefficient (Wildman–Crippen LogP) is 4.47. The fourth-order valence-corrected chi connectivity index (χ4v) is 8.30. The van der Waals surface area contributed by atoms with Gasteiger partial charge in [0.25, 0.3) is 5.91 Å². The summed E-state index contributed by atoms with van der Waals surface area (Å²) in [7, 11) is -3.45. The topological polar surface area (TPSA) is 121 Å². The van der Waals surface area contributed by atoms with Gasteiger partial charge in [0.1, 0.15) is 0 Å². The fourth-order valence-electron chi connectivity index (χ4n) is 6.28. The highest BCUT2D eigenvalue weighted by atomic mass is 32.2. The Morgan fingerprint density at radius 1 is 0.900 bits per heavy atom. The van der Waals surface area contributed by atoms with Crippen molar-refractivity contribution >= 4 is 27.7 Å². The third-order valence-electron chi connectivity index (χ3n) is 8.39. The van der Waals surface area contributed by atoms with Gasteiger partial charge in [-0.2, -0.15) is 4.31 Å². The number of sulfonamides is 1. The molecule has 2 N–H and O–H groups in total. The molecule has 1 fully saturated rings. The largest absolute Gasteiger partial charge is 0.479 e. The van der Waals surface area contributed by atoms with Crippen LogP contribution in [0.2, 0.25) is 0 Å². The van der Waals surface area contributed by atoms with Gasteiger partial charge in [0.05, 0.1) is 5.25 Å². The van der Waals surface area contributed by atoms with E-state index in [1.807, 2.05) is 6.07 Å². The zero-order chi connectivity index (χ0) is 28.0. The number of rotatable bonds is 6. The molecule has 206 valence electrons. The SMILES string of the molecule is O=C(NC(C(=O)O)c1ccc2c(c1)CN(S(=O)(=O)C1CCCCC1)CC2)c1cccc2c1-c1ccccc1C2=O. The molecule has 3 aromatic carbocycles. The highest BCUT2D eigenvalue weighted by Crippen LogP contribution is 2.39. The summed E-state index contributed by atoms with van der Waals surface area (Å²) in [5, 5.41) is 12.4. The maximum atomic E-state index is 13.5. The number of fused-ring (bicyclic) bond motifs is 4. The molecule has 2 aliphatic carbocycles. The quantitative estimate of drug-likeness (QED) is 0.360. The van der Waals surface area contributed by atoms with Gasteiger partial charge in [-0.1, -0.05) is 73.9 Å². The number of carboxylic acid groups (broad SMARTS) is 1. The maximum absolute atomic E-state index is 13.5. The van der Waals surface area contributed by atoms with E-state index in [1.54, 1.807) is 54.6 Å². The van der Waals surface area contributed by atoms with Crippen LogP contribution in [0.4, 0.5) is 0 Å². The molecule has 0 spiro atoms. The molecule has 0 aromatic heterocycles. The number of carbonyl (C=O) groups excluding carboxylic acids is 2. The van der Waals surface area contributed by atoms with E-state index in [4.69, 9.17) is 0 Å². The summed E-state index contributed by atoms with van der Waals surface area (Å²) in [4.78, 5) is 38.7. The van der Waals surface area contributed by atoms with E-state index < -0.39 is 27.9 Å². The molecule has 1 saturated carbocycles. The lowest BCUT2D eigenvalue weighted by Gasteiger charge is -2.33. The first kappa shape index (κ1) is 26.4. The van der Waals surface area contributed by atoms with Crippen LogP contribution in [0.1, 0.15) is 81.1 Å². The Bertz CT molecular complexity index is 1640. The third-order valence-corrected chi connectivity index (χ3v) is 10.7. The molecule has 1 heterocycles. The van der Waals surface area contributed by atoms with Gasteiger partial charge >= 0.3 is 5.97 Å². The molecule has 1 atom stereocenters. The second kappa shape index (κ2) is 10.3. The Morgan fingerprint density at radius 3 is 2.38 bits per heavy atom. The van der Waals surface area contributed by atoms with E-state index in [1.165, 1.54) is 4.31 Å². The molecule has 0 saturated heterocycles. The van der Waals surface area contributed by atoms with Crippen molar-refractivity contribution in [2.24, 2.45) is 0 Å². The first-order valence-electron chi connectivity index (χ1n) is 13.7. The highest BCUT2D eigenvalue weighted by molar-refractivity contribution is 7.89. The number of ketones is 1. The van der Waals surface area contributed by atoms with Gasteiger partial charge in [-0.25, -0.2) is 13.2 Å². The molecule has 3 aliphatic rings. The van der Waals surface area contributed by atoms with Crippen molar-refractivity contribution in [2.45, 2.75) is 56.4 Å². The van der Waals surface area contributed by atoms with Gasteiger partial charge in [0.2, 0.25) is 10.0 Å². The standard InChI is InChI=1S/C31H30N2O6S/c34-29-24-10-5-4-9-23(24)27-25(29)11-6-12-26(27)30(35)32-28(31(36)37)20-14-13-19-15-16-33(18-21(19)17-20)40(38,39)22-7-2-1-3-8-22/h4-6,9-14,17,22,28H,1-3,7-8,15-16,18H2,(H,32,35)(H,36,37). The highest BCUT2D eigenvalue weighted by Gasteiger charge is 2.36. The van der Waals surface area contributed by atoms with Gasteiger partial charge in [0, 0.05) is 35.3 Å². The number of aliphatic carboxylic acids is 1. The lowest BCUT2D eigenvalue weighted by molar-refractivity contribution is -0.139. The Hall–Kier alpha value is -3.82. The summed E-state index contributed by atoms with van der Waals surface area (Å²) in [6, 6.07) is 15.8. The molecular weight excluding hydrogens is 528 g/mol. The Labute approximate surface area is 233 Å². The summed E-state index contributed by atoms with van der Waals surface area (Å²) >= 11 is 0. The molecule has 8 nitrogen and oxygen atoms in total. The molecule has 6 rings (SSSR count). The Balaban J connectivity index is 1.27. The number of hydrogen-bond acceptors (Lipinski definition) is 5. The second-order valence-corrected chi connectivity index (χ2v) is 13.0. The zero-order valence-electron chi connectivity index (χ0n) is 21.9. The van der Waals surface area contributed by atoms with Gasteiger partial charge < -0.3 is 10.4 Å². The molecule has 1 aliphatic heterocycles. The van der Waals surface area contributed by atoms with E-state index in [2.05, 4.69) is 5.32 Å². The van der Waals surface area contributed by atoms with Crippen LogP contribution in [-0.2, 0) is 27.8 Å². The lowest BCUT2D eigenvalue weighted by atomic mass is 9.95. The molecule has 9 heteroatoms. The number of carboxylic acids is 1. The minimum Gasteiger partial charge on any atom is -0.479 e. The average Bonchev–Trinajstić information content (AvgIpc) is 3.27. The summed E-state index contributed by atoms with van der Waals surface area (Å²) in [6.07, 6.45) is 4.81. The first-order chi connectivity index (χ1) is 19.3. The number of carbonyl (C=O) groups is 3. The smallest absolute Gasteiger partial charge is 0.330 e. The predicted molar refractivity (Wildman–Crippen MR) is 150 cm³/mol. The third kappa shape index (κ3) is 4.53. The molecule has 0 radical (unpaired) electrons. The molecular formula is C31H30N2O6S. The minimum absolute atomic E-state index is 0.169. The van der Waals surface area contributed by atoms with Crippen molar-refractivity contribution in [3.8, 4) is 11.1 Å². The van der Waals surface area contributed by atoms with Crippen molar-refractivity contribution in [1.29, 1.82) is 0 Å². The lowest BCUT2D eigenvalue weighted by Crippen LogP contribution is -2.42. The van der Waals surface area contributed by atoms with Crippen LogP contribution in [0.3, 0.4) is 0 Å². The average molecular weight is 559 g/mol. The normalized spacial score (nSPS) is 17.9. The van der Waals surface area contributed by atoms with Crippen LogP contribution in [-0.4, -0.2) is 47.3 Å². The van der Waals surface area contributed by atoms with Crippen LogP contribution in [0.15, 0.2) is 60.7 Å². The van der Waals surface area contributed by atoms with Crippen molar-refractivity contribution in [2.75, 3.05) is 6.54 Å². The summed E-state index contributed by atoms with van der Waals surface area (Å²) in [5.41, 5.74) is 4.38. The van der Waals surface area contributed by atoms with Gasteiger partial charge in [-0.05, 0) is 47.6 Å². The first-order valence-corrected chi connectivity index (χ1v) is 15.2. The van der Waals surface area contributed by atoms with Crippen LogP contribution < -0.4 is 5.32 Å². The van der Waals surface area contributed by atoms with Crippen molar-refractivity contribution < 1.29 is 27.9 Å². The molecule has 0 bridgehead atoms. The number of benzene rings is 3. The number of nitrogens with zero attached hydrogens (tertiary/aromatic N) is 1. The van der Waals surface area contributed by atoms with E-state index in [9.17, 15) is 27.9 Å². The van der Waals surface area contributed by atoms with Gasteiger partial charge in [-0.3, -0.25) is 9.59 Å². The van der Waals surface area contributed by atoms with Crippen LogP contribution >= 0.6 is 0 Å². The number of nitrogens with one attached hydrogen (secondary N) is 1. The van der Waals surface area contributed by atoms with Crippen molar-refractivity contribution in [3.05, 3.63) is 94.0 Å². The summed E-state index contributed by atoms with van der Waals surface area (Å²) in [5.74, 6) is -2.01. The van der Waals surface area contributed by atoms with Crippen LogP contribution in [0, 0.1) is 0 Å². The Kier molecular flexibility index (Phi) is 6.80. The molecule has 3 aromatic rings. The number of hydrogen-bond donors (Lipinski definition) is 2. The second-order valence-electron chi connectivity index (χ2n) is 10.8. The zero-order valence-corrected chi connectivity index (χ0v) is 22.7. The minimum atomic E-state index is -3.45. The fraction of sp³-hybridized carbons (Fsp3) is 0.323. The van der Waals surface area contributed by atoms with Crippen LogP contribution in [0.25, 0.3) is 11.1 Å². The molecule has 1 unspecified atom stereocenters. The monoisotopic (exact) mass is 558 g/mol.